The van der Waals surface area contributed by atoms with Gasteiger partial charge in [-0.05, 0) is 41.8 Å². The lowest BCUT2D eigenvalue weighted by Gasteiger charge is -2.11. The minimum atomic E-state index is -0.309. The zero-order valence-corrected chi connectivity index (χ0v) is 14.1. The molecule has 0 radical (unpaired) electrons. The average molecular weight is 339 g/mol. The van der Waals surface area contributed by atoms with Crippen molar-refractivity contribution in [3.8, 4) is 23.0 Å². The SMILES string of the molecule is COc1ccc(C(=O)c2nccc3cc(OC)c(OC)cc23)cc1O. The molecule has 0 aliphatic heterocycles. The third-order valence-electron chi connectivity index (χ3n) is 3.92. The smallest absolute Gasteiger partial charge is 0.212 e. The fourth-order valence-corrected chi connectivity index (χ4v) is 2.65. The molecule has 25 heavy (non-hydrogen) atoms. The molecule has 0 unspecified atom stereocenters. The summed E-state index contributed by atoms with van der Waals surface area (Å²) in [7, 11) is 4.53. The minimum Gasteiger partial charge on any atom is -0.504 e. The summed E-state index contributed by atoms with van der Waals surface area (Å²) in [5, 5.41) is 11.4. The van der Waals surface area contributed by atoms with Gasteiger partial charge in [-0.25, -0.2) is 0 Å². The molecule has 0 saturated heterocycles. The highest BCUT2D eigenvalue weighted by Crippen LogP contribution is 2.34. The van der Waals surface area contributed by atoms with Crippen LogP contribution in [0.4, 0.5) is 0 Å². The van der Waals surface area contributed by atoms with E-state index in [-0.39, 0.29) is 17.2 Å². The molecule has 0 aliphatic carbocycles. The number of carbonyl (C=O) groups is 1. The van der Waals surface area contributed by atoms with Crippen molar-refractivity contribution in [2.75, 3.05) is 21.3 Å². The number of methoxy groups -OCH3 is 3. The van der Waals surface area contributed by atoms with E-state index in [2.05, 4.69) is 4.98 Å². The van der Waals surface area contributed by atoms with E-state index in [1.54, 1.807) is 37.6 Å². The van der Waals surface area contributed by atoms with E-state index in [1.807, 2.05) is 0 Å². The van der Waals surface area contributed by atoms with Gasteiger partial charge in [-0.15, -0.1) is 0 Å². The average Bonchev–Trinajstić information content (AvgIpc) is 2.65. The Kier molecular flexibility index (Phi) is 4.43. The number of pyridine rings is 1. The van der Waals surface area contributed by atoms with Gasteiger partial charge in [0.2, 0.25) is 5.78 Å². The van der Waals surface area contributed by atoms with Crippen molar-refractivity contribution in [1.29, 1.82) is 0 Å². The van der Waals surface area contributed by atoms with Crippen LogP contribution in [0.2, 0.25) is 0 Å². The van der Waals surface area contributed by atoms with Crippen molar-refractivity contribution in [2.45, 2.75) is 0 Å². The molecule has 1 heterocycles. The topological polar surface area (TPSA) is 77.9 Å². The highest BCUT2D eigenvalue weighted by Gasteiger charge is 2.18. The van der Waals surface area contributed by atoms with Crippen LogP contribution in [-0.4, -0.2) is 37.2 Å². The van der Waals surface area contributed by atoms with Crippen LogP contribution < -0.4 is 14.2 Å². The summed E-state index contributed by atoms with van der Waals surface area (Å²) in [5.74, 6) is 0.966. The largest absolute Gasteiger partial charge is 0.504 e. The summed E-state index contributed by atoms with van der Waals surface area (Å²) in [5.41, 5.74) is 0.580. The number of fused-ring (bicyclic) bond motifs is 1. The van der Waals surface area contributed by atoms with Gasteiger partial charge in [-0.2, -0.15) is 0 Å². The molecule has 0 aliphatic rings. The monoisotopic (exact) mass is 339 g/mol. The number of aromatic nitrogens is 1. The van der Waals surface area contributed by atoms with Crippen molar-refractivity contribution in [2.24, 2.45) is 0 Å². The van der Waals surface area contributed by atoms with Gasteiger partial charge in [0, 0.05) is 17.1 Å². The van der Waals surface area contributed by atoms with E-state index >= 15 is 0 Å². The number of aromatic hydroxyl groups is 1. The molecule has 0 saturated carbocycles. The lowest BCUT2D eigenvalue weighted by atomic mass is 10.0. The zero-order chi connectivity index (χ0) is 18.0. The van der Waals surface area contributed by atoms with Crippen molar-refractivity contribution >= 4 is 16.6 Å². The van der Waals surface area contributed by atoms with Gasteiger partial charge in [0.05, 0.1) is 21.3 Å². The Morgan fingerprint density at radius 1 is 0.920 bits per heavy atom. The second kappa shape index (κ2) is 6.68. The maximum atomic E-state index is 12.9. The normalized spacial score (nSPS) is 10.5. The summed E-state index contributed by atoms with van der Waals surface area (Å²) < 4.78 is 15.6. The first-order valence-electron chi connectivity index (χ1n) is 7.51. The Morgan fingerprint density at radius 3 is 2.24 bits per heavy atom. The summed E-state index contributed by atoms with van der Waals surface area (Å²) in [6.45, 7) is 0. The molecular weight excluding hydrogens is 322 g/mol. The number of phenols is 1. The Labute approximate surface area is 144 Å². The van der Waals surface area contributed by atoms with Crippen molar-refractivity contribution in [1.82, 2.24) is 4.98 Å². The first-order valence-corrected chi connectivity index (χ1v) is 7.51. The third-order valence-corrected chi connectivity index (χ3v) is 3.92. The maximum absolute atomic E-state index is 12.9. The highest BCUT2D eigenvalue weighted by molar-refractivity contribution is 6.15. The Morgan fingerprint density at radius 2 is 1.60 bits per heavy atom. The molecule has 3 aromatic rings. The van der Waals surface area contributed by atoms with Crippen molar-refractivity contribution < 1.29 is 24.1 Å². The number of ketones is 1. The van der Waals surface area contributed by atoms with Gasteiger partial charge in [0.15, 0.2) is 23.0 Å². The lowest BCUT2D eigenvalue weighted by molar-refractivity contribution is 0.103. The van der Waals surface area contributed by atoms with Crippen LogP contribution in [0.25, 0.3) is 10.8 Å². The third kappa shape index (κ3) is 2.94. The summed E-state index contributed by atoms with van der Waals surface area (Å²) >= 11 is 0. The van der Waals surface area contributed by atoms with Gasteiger partial charge < -0.3 is 19.3 Å². The summed E-state index contributed by atoms with van der Waals surface area (Å²) in [4.78, 5) is 17.1. The van der Waals surface area contributed by atoms with Crippen LogP contribution in [0.1, 0.15) is 16.1 Å². The minimum absolute atomic E-state index is 0.104. The second-order valence-corrected chi connectivity index (χ2v) is 5.30. The molecule has 0 amide bonds. The molecule has 0 bridgehead atoms. The number of rotatable bonds is 5. The van der Waals surface area contributed by atoms with Crippen molar-refractivity contribution in [3.63, 3.8) is 0 Å². The molecule has 0 fully saturated rings. The number of phenolic OH excluding ortho intramolecular Hbond substituents is 1. The predicted octanol–water partition coefficient (Wildman–Crippen LogP) is 3.20. The Hall–Kier alpha value is -3.28. The quantitative estimate of drug-likeness (QED) is 0.719. The molecule has 6 heteroatoms. The summed E-state index contributed by atoms with van der Waals surface area (Å²) in [6, 6.07) is 9.79. The molecule has 1 N–H and O–H groups in total. The van der Waals surface area contributed by atoms with E-state index in [4.69, 9.17) is 14.2 Å². The van der Waals surface area contributed by atoms with Crippen LogP contribution >= 0.6 is 0 Å². The molecule has 0 atom stereocenters. The van der Waals surface area contributed by atoms with Crippen molar-refractivity contribution in [3.05, 3.63) is 53.9 Å². The number of hydrogen-bond donors (Lipinski definition) is 1. The first-order chi connectivity index (χ1) is 12.1. The fourth-order valence-electron chi connectivity index (χ4n) is 2.65. The molecule has 3 rings (SSSR count). The van der Waals surface area contributed by atoms with E-state index in [1.165, 1.54) is 26.4 Å². The molecule has 6 nitrogen and oxygen atoms in total. The van der Waals surface area contributed by atoms with E-state index in [0.29, 0.717) is 28.2 Å². The van der Waals surface area contributed by atoms with Gasteiger partial charge >= 0.3 is 0 Å². The Balaban J connectivity index is 2.14. The van der Waals surface area contributed by atoms with Gasteiger partial charge in [-0.1, -0.05) is 0 Å². The molecule has 2 aromatic carbocycles. The zero-order valence-electron chi connectivity index (χ0n) is 14.1. The van der Waals surface area contributed by atoms with E-state index in [9.17, 15) is 9.90 Å². The number of benzene rings is 2. The van der Waals surface area contributed by atoms with E-state index < -0.39 is 0 Å². The predicted molar refractivity (Wildman–Crippen MR) is 92.9 cm³/mol. The van der Waals surface area contributed by atoms with Gasteiger partial charge in [-0.3, -0.25) is 9.78 Å². The standard InChI is InChI=1S/C19H17NO5/c1-23-15-5-4-12(8-14(15)21)19(22)18-13-10-17(25-3)16(24-2)9-11(13)6-7-20-18/h4-10,21H,1-3H3. The molecule has 128 valence electrons. The number of ether oxygens (including phenoxy) is 3. The van der Waals surface area contributed by atoms with Crippen LogP contribution in [0.3, 0.4) is 0 Å². The lowest BCUT2D eigenvalue weighted by Crippen LogP contribution is -2.05. The summed E-state index contributed by atoms with van der Waals surface area (Å²) in [6.07, 6.45) is 1.56. The number of nitrogens with zero attached hydrogens (tertiary/aromatic N) is 1. The Bertz CT molecular complexity index is 952. The molecular formula is C19H17NO5. The number of carbonyl (C=O) groups excluding carboxylic acids is 1. The van der Waals surface area contributed by atoms with Crippen LogP contribution in [0, 0.1) is 0 Å². The van der Waals surface area contributed by atoms with Crippen LogP contribution in [0.15, 0.2) is 42.6 Å². The van der Waals surface area contributed by atoms with Crippen LogP contribution in [-0.2, 0) is 0 Å². The fraction of sp³-hybridized carbons (Fsp3) is 0.158. The van der Waals surface area contributed by atoms with E-state index in [0.717, 1.165) is 5.39 Å². The first kappa shape index (κ1) is 16.6. The highest BCUT2D eigenvalue weighted by atomic mass is 16.5. The van der Waals surface area contributed by atoms with Gasteiger partial charge in [0.25, 0.3) is 0 Å². The number of hydrogen-bond acceptors (Lipinski definition) is 6. The molecule has 1 aromatic heterocycles. The molecule has 0 spiro atoms. The second-order valence-electron chi connectivity index (χ2n) is 5.30. The van der Waals surface area contributed by atoms with Crippen LogP contribution in [0.5, 0.6) is 23.0 Å². The van der Waals surface area contributed by atoms with Gasteiger partial charge in [0.1, 0.15) is 5.69 Å². The maximum Gasteiger partial charge on any atom is 0.212 e.